The highest BCUT2D eigenvalue weighted by Crippen LogP contribution is 2.33. The number of likely N-dealkylation sites (tertiary alicyclic amines) is 1. The van der Waals surface area contributed by atoms with E-state index in [-0.39, 0.29) is 17.9 Å². The van der Waals surface area contributed by atoms with Crippen LogP contribution in [0.25, 0.3) is 39.5 Å². The van der Waals surface area contributed by atoms with Gasteiger partial charge in [0.2, 0.25) is 5.91 Å². The zero-order valence-corrected chi connectivity index (χ0v) is 24.9. The van der Waals surface area contributed by atoms with Crippen molar-refractivity contribution >= 4 is 28.9 Å². The average Bonchev–Trinajstić information content (AvgIpc) is 3.74. The SMILES string of the molecule is C=CC(=O)N1CCN(C(=O)N2CC[C@H](c3ccc(-n4c(-c5cccnc5N)nc5ccc(-c6ccccc6)nc54)cc3)C2)CC1. The van der Waals surface area contributed by atoms with Gasteiger partial charge in [0.25, 0.3) is 0 Å². The van der Waals surface area contributed by atoms with Gasteiger partial charge in [0.05, 0.1) is 11.3 Å². The first-order valence-electron chi connectivity index (χ1n) is 15.2. The first-order valence-corrected chi connectivity index (χ1v) is 15.2. The van der Waals surface area contributed by atoms with Gasteiger partial charge in [0.1, 0.15) is 11.3 Å². The highest BCUT2D eigenvalue weighted by molar-refractivity contribution is 5.87. The van der Waals surface area contributed by atoms with E-state index in [2.05, 4.69) is 35.8 Å². The maximum absolute atomic E-state index is 13.3. The molecule has 2 aliphatic rings. The van der Waals surface area contributed by atoms with Crippen LogP contribution in [0.1, 0.15) is 17.9 Å². The quantitative estimate of drug-likeness (QED) is 0.286. The second-order valence-electron chi connectivity index (χ2n) is 11.4. The van der Waals surface area contributed by atoms with Gasteiger partial charge in [-0.05, 0) is 54.5 Å². The lowest BCUT2D eigenvalue weighted by Crippen LogP contribution is -2.53. The maximum atomic E-state index is 13.3. The Bertz CT molecular complexity index is 1880. The molecule has 0 bridgehead atoms. The summed E-state index contributed by atoms with van der Waals surface area (Å²) in [6.07, 6.45) is 3.90. The molecule has 5 heterocycles. The third kappa shape index (κ3) is 5.39. The van der Waals surface area contributed by atoms with Crippen molar-refractivity contribution in [2.75, 3.05) is 45.0 Å². The summed E-state index contributed by atoms with van der Waals surface area (Å²) in [5, 5.41) is 0. The van der Waals surface area contributed by atoms with Crippen LogP contribution in [0.15, 0.2) is 97.7 Å². The van der Waals surface area contributed by atoms with Gasteiger partial charge in [0, 0.05) is 62.6 Å². The number of imidazole rings is 1. The van der Waals surface area contributed by atoms with Crippen LogP contribution in [0.5, 0.6) is 0 Å². The lowest BCUT2D eigenvalue weighted by atomic mass is 9.98. The van der Waals surface area contributed by atoms with Crippen LogP contribution in [-0.2, 0) is 4.79 Å². The highest BCUT2D eigenvalue weighted by atomic mass is 16.2. The molecular weight excluding hydrogens is 564 g/mol. The number of nitrogens with two attached hydrogens (primary N) is 1. The van der Waals surface area contributed by atoms with Gasteiger partial charge in [-0.3, -0.25) is 9.36 Å². The zero-order chi connectivity index (χ0) is 30.9. The molecule has 1 atom stereocenters. The number of nitrogens with zero attached hydrogens (tertiary/aromatic N) is 7. The first kappa shape index (κ1) is 28.3. The number of nitrogen functional groups attached to an aromatic ring is 1. The summed E-state index contributed by atoms with van der Waals surface area (Å²) in [5.74, 6) is 1.23. The molecule has 2 fully saturated rings. The van der Waals surface area contributed by atoms with Gasteiger partial charge in [0.15, 0.2) is 11.5 Å². The molecular formula is C35H34N8O2. The second-order valence-corrected chi connectivity index (χ2v) is 11.4. The normalized spacial score (nSPS) is 16.7. The Morgan fingerprint density at radius 1 is 0.822 bits per heavy atom. The maximum Gasteiger partial charge on any atom is 0.320 e. The minimum Gasteiger partial charge on any atom is -0.383 e. The largest absolute Gasteiger partial charge is 0.383 e. The Labute approximate surface area is 261 Å². The molecule has 45 heavy (non-hydrogen) atoms. The number of urea groups is 1. The molecule has 7 rings (SSSR count). The Balaban J connectivity index is 1.15. The summed E-state index contributed by atoms with van der Waals surface area (Å²) in [5.41, 5.74) is 12.5. The molecule has 3 aromatic heterocycles. The Morgan fingerprint density at radius 3 is 2.31 bits per heavy atom. The highest BCUT2D eigenvalue weighted by Gasteiger charge is 2.32. The number of carbonyl (C=O) groups excluding carboxylic acids is 2. The molecule has 5 aromatic rings. The lowest BCUT2D eigenvalue weighted by Gasteiger charge is -2.36. The number of rotatable bonds is 5. The molecule has 2 aliphatic heterocycles. The summed E-state index contributed by atoms with van der Waals surface area (Å²) in [4.78, 5) is 45.0. The summed E-state index contributed by atoms with van der Waals surface area (Å²) in [6.45, 7) is 7.08. The summed E-state index contributed by atoms with van der Waals surface area (Å²) in [7, 11) is 0. The minimum absolute atomic E-state index is 0.0451. The van der Waals surface area contributed by atoms with Gasteiger partial charge in [-0.2, -0.15) is 0 Å². The monoisotopic (exact) mass is 598 g/mol. The predicted molar refractivity (Wildman–Crippen MR) is 175 cm³/mol. The van der Waals surface area contributed by atoms with Crippen molar-refractivity contribution in [2.45, 2.75) is 12.3 Å². The van der Waals surface area contributed by atoms with E-state index in [0.717, 1.165) is 40.1 Å². The molecule has 0 unspecified atom stereocenters. The van der Waals surface area contributed by atoms with E-state index in [9.17, 15) is 9.59 Å². The average molecular weight is 599 g/mol. The second kappa shape index (κ2) is 11.9. The zero-order valence-electron chi connectivity index (χ0n) is 24.9. The molecule has 226 valence electrons. The van der Waals surface area contributed by atoms with E-state index in [1.54, 1.807) is 11.1 Å². The van der Waals surface area contributed by atoms with Crippen LogP contribution in [-0.4, -0.2) is 85.4 Å². The summed E-state index contributed by atoms with van der Waals surface area (Å²) < 4.78 is 2.04. The number of piperazine rings is 1. The number of anilines is 1. The lowest BCUT2D eigenvalue weighted by molar-refractivity contribution is -0.127. The van der Waals surface area contributed by atoms with Crippen LogP contribution in [0.4, 0.5) is 10.6 Å². The van der Waals surface area contributed by atoms with Crippen molar-refractivity contribution in [3.8, 4) is 28.3 Å². The van der Waals surface area contributed by atoms with Crippen molar-refractivity contribution in [1.82, 2.24) is 34.2 Å². The van der Waals surface area contributed by atoms with Gasteiger partial charge < -0.3 is 20.4 Å². The molecule has 10 nitrogen and oxygen atoms in total. The van der Waals surface area contributed by atoms with Gasteiger partial charge in [-0.15, -0.1) is 0 Å². The van der Waals surface area contributed by atoms with Crippen LogP contribution in [0.3, 0.4) is 0 Å². The van der Waals surface area contributed by atoms with Crippen LogP contribution < -0.4 is 5.73 Å². The van der Waals surface area contributed by atoms with Crippen LogP contribution in [0.2, 0.25) is 0 Å². The van der Waals surface area contributed by atoms with E-state index >= 15 is 0 Å². The first-order chi connectivity index (χ1) is 22.0. The van der Waals surface area contributed by atoms with Crippen LogP contribution in [0, 0.1) is 0 Å². The number of carbonyl (C=O) groups is 2. The molecule has 2 saturated heterocycles. The molecule has 0 aliphatic carbocycles. The third-order valence-corrected chi connectivity index (χ3v) is 8.77. The van der Waals surface area contributed by atoms with Crippen molar-refractivity contribution in [3.05, 3.63) is 103 Å². The van der Waals surface area contributed by atoms with E-state index in [1.807, 2.05) is 69.0 Å². The number of benzene rings is 2. The number of aromatic nitrogens is 4. The fourth-order valence-electron chi connectivity index (χ4n) is 6.31. The van der Waals surface area contributed by atoms with Crippen LogP contribution >= 0.6 is 0 Å². The molecule has 0 saturated carbocycles. The Kier molecular flexibility index (Phi) is 7.46. The van der Waals surface area contributed by atoms with Gasteiger partial charge in [-0.1, -0.05) is 49.0 Å². The number of fused-ring (bicyclic) bond motifs is 1. The minimum atomic E-state index is -0.0843. The molecule has 0 spiro atoms. The molecule has 10 heteroatoms. The predicted octanol–water partition coefficient (Wildman–Crippen LogP) is 4.97. The topological polar surface area (TPSA) is 113 Å². The standard InChI is InChI=1S/C35H34N8O2/c1-2-31(44)40-19-21-41(22-20-40)35(45)42-18-16-26(23-42)24-10-12-27(13-11-24)43-33(28-9-6-17-37-32(28)36)39-30-15-14-29(38-34(30)43)25-7-4-3-5-8-25/h2-15,17,26H,1,16,18-23H2,(H2,36,37)/t26-/m0/s1. The van der Waals surface area contributed by atoms with E-state index in [1.165, 1.54) is 11.6 Å². The molecule has 2 N–H and O–H groups in total. The van der Waals surface area contributed by atoms with E-state index in [4.69, 9.17) is 15.7 Å². The van der Waals surface area contributed by atoms with E-state index < -0.39 is 0 Å². The smallest absolute Gasteiger partial charge is 0.320 e. The fourth-order valence-corrected chi connectivity index (χ4v) is 6.31. The molecule has 3 amide bonds. The third-order valence-electron chi connectivity index (χ3n) is 8.77. The summed E-state index contributed by atoms with van der Waals surface area (Å²) >= 11 is 0. The molecule has 0 radical (unpaired) electrons. The van der Waals surface area contributed by atoms with Gasteiger partial charge in [-0.25, -0.2) is 19.7 Å². The van der Waals surface area contributed by atoms with Crippen molar-refractivity contribution < 1.29 is 9.59 Å². The molecule has 2 aromatic carbocycles. The number of hydrogen-bond donors (Lipinski definition) is 1. The number of pyridine rings is 2. The Morgan fingerprint density at radius 2 is 1.58 bits per heavy atom. The Hall–Kier alpha value is -5.51. The number of amides is 3. The van der Waals surface area contributed by atoms with Gasteiger partial charge >= 0.3 is 6.03 Å². The van der Waals surface area contributed by atoms with Crippen molar-refractivity contribution in [3.63, 3.8) is 0 Å². The van der Waals surface area contributed by atoms with E-state index in [0.29, 0.717) is 50.9 Å². The van der Waals surface area contributed by atoms with Crippen molar-refractivity contribution in [2.24, 2.45) is 0 Å². The number of hydrogen-bond acceptors (Lipinski definition) is 6. The fraction of sp³-hybridized carbons (Fsp3) is 0.229. The summed E-state index contributed by atoms with van der Waals surface area (Å²) in [6, 6.07) is 26.3. The van der Waals surface area contributed by atoms with Crippen molar-refractivity contribution in [1.29, 1.82) is 0 Å².